The van der Waals surface area contributed by atoms with Crippen molar-refractivity contribution in [1.82, 2.24) is 4.98 Å². The van der Waals surface area contributed by atoms with Gasteiger partial charge in [0.05, 0.1) is 6.20 Å². The van der Waals surface area contributed by atoms with E-state index in [4.69, 9.17) is 10.5 Å². The van der Waals surface area contributed by atoms with Crippen molar-refractivity contribution in [3.63, 3.8) is 0 Å². The highest BCUT2D eigenvalue weighted by molar-refractivity contribution is 7.17. The number of anilines is 1. The van der Waals surface area contributed by atoms with Crippen molar-refractivity contribution in [3.8, 4) is 5.06 Å². The first kappa shape index (κ1) is 8.00. The Balaban J connectivity index is 2.57. The number of hydrogen-bond donors (Lipinski definition) is 1. The lowest BCUT2D eigenvalue weighted by molar-refractivity contribution is -0.133. The van der Waals surface area contributed by atoms with Gasteiger partial charge in [-0.3, -0.25) is 4.79 Å². The Labute approximate surface area is 68.0 Å². The number of aromatic nitrogens is 1. The second-order valence-electron chi connectivity index (χ2n) is 1.85. The van der Waals surface area contributed by atoms with Gasteiger partial charge in [-0.05, 0) is 0 Å². The minimum atomic E-state index is -0.270. The van der Waals surface area contributed by atoms with E-state index in [0.29, 0.717) is 16.6 Å². The van der Waals surface area contributed by atoms with Gasteiger partial charge >= 0.3 is 5.97 Å². The summed E-state index contributed by atoms with van der Waals surface area (Å²) in [6.07, 6.45) is 1.80. The maximum atomic E-state index is 10.7. The molecule has 1 rings (SSSR count). The number of nitrogens with two attached hydrogens (primary N) is 1. The lowest BCUT2D eigenvalue weighted by atomic mass is 10.5. The molecule has 0 atom stereocenters. The van der Waals surface area contributed by atoms with Crippen LogP contribution in [0.15, 0.2) is 6.20 Å². The second-order valence-corrected chi connectivity index (χ2v) is 2.87. The third kappa shape index (κ3) is 2.19. The van der Waals surface area contributed by atoms with E-state index in [1.54, 1.807) is 6.92 Å². The quantitative estimate of drug-likeness (QED) is 0.677. The van der Waals surface area contributed by atoms with Crippen LogP contribution in [0.5, 0.6) is 5.06 Å². The summed E-state index contributed by atoms with van der Waals surface area (Å²) in [7, 11) is 0. The summed E-state index contributed by atoms with van der Waals surface area (Å²) >= 11 is 1.16. The zero-order valence-electron chi connectivity index (χ0n) is 6.03. The number of nitrogens with zero attached hydrogens (tertiary/aromatic N) is 1. The van der Waals surface area contributed by atoms with Gasteiger partial charge in [0.25, 0.3) is 0 Å². The van der Waals surface area contributed by atoms with E-state index < -0.39 is 0 Å². The molecule has 0 bridgehead atoms. The van der Waals surface area contributed by atoms with Gasteiger partial charge in [-0.1, -0.05) is 18.3 Å². The SMILES string of the molecule is CCC(=O)Oc1cnc(N)s1. The van der Waals surface area contributed by atoms with Gasteiger partial charge in [0.1, 0.15) is 0 Å². The predicted molar refractivity (Wildman–Crippen MR) is 42.5 cm³/mol. The number of rotatable bonds is 2. The van der Waals surface area contributed by atoms with Gasteiger partial charge in [0.15, 0.2) is 5.13 Å². The lowest BCUT2D eigenvalue weighted by Gasteiger charge is -1.94. The van der Waals surface area contributed by atoms with E-state index in [2.05, 4.69) is 4.98 Å². The Kier molecular flexibility index (Phi) is 2.43. The maximum Gasteiger partial charge on any atom is 0.311 e. The van der Waals surface area contributed by atoms with Crippen LogP contribution in [0.4, 0.5) is 5.13 Å². The zero-order valence-corrected chi connectivity index (χ0v) is 6.85. The van der Waals surface area contributed by atoms with Crippen LogP contribution in [0.3, 0.4) is 0 Å². The molecule has 0 amide bonds. The third-order valence-electron chi connectivity index (χ3n) is 1.01. The number of carbonyl (C=O) groups excluding carboxylic acids is 1. The Bertz CT molecular complexity index is 259. The monoisotopic (exact) mass is 172 g/mol. The maximum absolute atomic E-state index is 10.7. The molecule has 0 aliphatic carbocycles. The Morgan fingerprint density at radius 3 is 3.09 bits per heavy atom. The fourth-order valence-corrected chi connectivity index (χ4v) is 1.06. The first-order chi connectivity index (χ1) is 5.22. The van der Waals surface area contributed by atoms with Crippen LogP contribution in [0, 0.1) is 0 Å². The topological polar surface area (TPSA) is 65.2 Å². The largest absolute Gasteiger partial charge is 0.414 e. The fourth-order valence-electron chi connectivity index (χ4n) is 0.504. The van der Waals surface area contributed by atoms with Crippen LogP contribution in [-0.2, 0) is 4.79 Å². The van der Waals surface area contributed by atoms with Gasteiger partial charge in [-0.15, -0.1) is 0 Å². The fraction of sp³-hybridized carbons (Fsp3) is 0.333. The molecule has 11 heavy (non-hydrogen) atoms. The standard InChI is InChI=1S/C6H8N2O2S/c1-2-4(9)10-5-3-8-6(7)11-5/h3H,2H2,1H3,(H2,7,8). The molecule has 5 heteroatoms. The lowest BCUT2D eigenvalue weighted by Crippen LogP contribution is -2.03. The Hall–Kier alpha value is -1.10. The van der Waals surface area contributed by atoms with Gasteiger partial charge in [0.2, 0.25) is 5.06 Å². The highest BCUT2D eigenvalue weighted by Crippen LogP contribution is 2.22. The summed E-state index contributed by atoms with van der Waals surface area (Å²) in [6, 6.07) is 0. The molecule has 0 unspecified atom stereocenters. The molecule has 0 spiro atoms. The van der Waals surface area contributed by atoms with E-state index in [9.17, 15) is 4.79 Å². The molecular weight excluding hydrogens is 164 g/mol. The normalized spacial score (nSPS) is 9.55. The Morgan fingerprint density at radius 1 is 1.91 bits per heavy atom. The molecule has 60 valence electrons. The summed E-state index contributed by atoms with van der Waals surface area (Å²) in [6.45, 7) is 1.73. The summed E-state index contributed by atoms with van der Waals surface area (Å²) in [4.78, 5) is 14.4. The van der Waals surface area contributed by atoms with Gasteiger partial charge in [-0.2, -0.15) is 0 Å². The molecule has 0 aromatic carbocycles. The average Bonchev–Trinajstić information content (AvgIpc) is 2.35. The van der Waals surface area contributed by atoms with E-state index in [1.807, 2.05) is 0 Å². The number of thiazole rings is 1. The minimum Gasteiger partial charge on any atom is -0.414 e. The molecule has 0 saturated heterocycles. The number of nitrogen functional groups attached to an aromatic ring is 1. The van der Waals surface area contributed by atoms with Gasteiger partial charge in [0, 0.05) is 6.42 Å². The molecule has 2 N–H and O–H groups in total. The average molecular weight is 172 g/mol. The van der Waals surface area contributed by atoms with E-state index in [0.717, 1.165) is 11.3 Å². The number of carbonyl (C=O) groups is 1. The number of esters is 1. The van der Waals surface area contributed by atoms with Crippen LogP contribution < -0.4 is 10.5 Å². The predicted octanol–water partition coefficient (Wildman–Crippen LogP) is 1.04. The van der Waals surface area contributed by atoms with Crippen molar-refractivity contribution in [3.05, 3.63) is 6.20 Å². The molecule has 0 fully saturated rings. The second kappa shape index (κ2) is 3.34. The van der Waals surface area contributed by atoms with Crippen LogP contribution in [0.2, 0.25) is 0 Å². The Morgan fingerprint density at radius 2 is 2.64 bits per heavy atom. The molecular formula is C6H8N2O2S. The van der Waals surface area contributed by atoms with E-state index >= 15 is 0 Å². The first-order valence-corrected chi connectivity index (χ1v) is 3.96. The summed E-state index contributed by atoms with van der Waals surface area (Å²) in [5.74, 6) is -0.270. The van der Waals surface area contributed by atoms with Crippen molar-refractivity contribution in [1.29, 1.82) is 0 Å². The van der Waals surface area contributed by atoms with Crippen molar-refractivity contribution in [2.45, 2.75) is 13.3 Å². The molecule has 0 aliphatic heterocycles. The molecule has 0 radical (unpaired) electrons. The van der Waals surface area contributed by atoms with Gasteiger partial charge < -0.3 is 10.5 Å². The minimum absolute atomic E-state index is 0.270. The van der Waals surface area contributed by atoms with Crippen LogP contribution in [0.25, 0.3) is 0 Å². The summed E-state index contributed by atoms with van der Waals surface area (Å²) in [5.41, 5.74) is 5.31. The number of ether oxygens (including phenoxy) is 1. The highest BCUT2D eigenvalue weighted by atomic mass is 32.1. The zero-order chi connectivity index (χ0) is 8.27. The smallest absolute Gasteiger partial charge is 0.311 e. The van der Waals surface area contributed by atoms with Crippen molar-refractivity contribution in [2.24, 2.45) is 0 Å². The van der Waals surface area contributed by atoms with Gasteiger partial charge in [-0.25, -0.2) is 4.98 Å². The van der Waals surface area contributed by atoms with E-state index in [-0.39, 0.29) is 5.97 Å². The van der Waals surface area contributed by atoms with Crippen molar-refractivity contribution in [2.75, 3.05) is 5.73 Å². The van der Waals surface area contributed by atoms with Crippen LogP contribution >= 0.6 is 11.3 Å². The molecule has 1 heterocycles. The molecule has 0 saturated carbocycles. The van der Waals surface area contributed by atoms with Crippen molar-refractivity contribution < 1.29 is 9.53 Å². The van der Waals surface area contributed by atoms with E-state index in [1.165, 1.54) is 6.20 Å². The van der Waals surface area contributed by atoms with Crippen LogP contribution in [-0.4, -0.2) is 11.0 Å². The number of hydrogen-bond acceptors (Lipinski definition) is 5. The first-order valence-electron chi connectivity index (χ1n) is 3.14. The highest BCUT2D eigenvalue weighted by Gasteiger charge is 2.03. The van der Waals surface area contributed by atoms with Crippen molar-refractivity contribution >= 4 is 22.4 Å². The molecule has 0 aliphatic rings. The summed E-state index contributed by atoms with van der Waals surface area (Å²) < 4.78 is 4.82. The summed E-state index contributed by atoms with van der Waals surface area (Å²) in [5, 5.41) is 0.859. The third-order valence-corrected chi connectivity index (χ3v) is 1.71. The van der Waals surface area contributed by atoms with Crippen LogP contribution in [0.1, 0.15) is 13.3 Å². The molecule has 1 aromatic rings. The molecule has 4 nitrogen and oxygen atoms in total. The molecule has 1 aromatic heterocycles.